The summed E-state index contributed by atoms with van der Waals surface area (Å²) in [6.45, 7) is 4.19. The van der Waals surface area contributed by atoms with Crippen LogP contribution in [0, 0.1) is 11.7 Å². The zero-order chi connectivity index (χ0) is 17.1. The van der Waals surface area contributed by atoms with E-state index in [0.29, 0.717) is 13.1 Å². The minimum absolute atomic E-state index is 0.0247. The molecule has 0 spiro atoms. The number of halogens is 1. The van der Waals surface area contributed by atoms with Crippen molar-refractivity contribution in [3.8, 4) is 0 Å². The van der Waals surface area contributed by atoms with Gasteiger partial charge in [0.15, 0.2) is 0 Å². The van der Waals surface area contributed by atoms with Crippen LogP contribution in [0.25, 0.3) is 0 Å². The van der Waals surface area contributed by atoms with Gasteiger partial charge in [0.1, 0.15) is 5.82 Å². The number of hydrogen-bond donors (Lipinski definition) is 1. The van der Waals surface area contributed by atoms with Crippen LogP contribution in [0.3, 0.4) is 0 Å². The van der Waals surface area contributed by atoms with Gasteiger partial charge in [0.05, 0.1) is 18.7 Å². The second-order valence-corrected chi connectivity index (χ2v) is 6.47. The van der Waals surface area contributed by atoms with E-state index in [1.54, 1.807) is 12.1 Å². The summed E-state index contributed by atoms with van der Waals surface area (Å²) in [6.07, 6.45) is 5.45. The van der Waals surface area contributed by atoms with Gasteiger partial charge >= 0.3 is 5.97 Å². The predicted molar refractivity (Wildman–Crippen MR) is 88.0 cm³/mol. The number of rotatable bonds is 5. The van der Waals surface area contributed by atoms with Gasteiger partial charge in [-0.15, -0.1) is 0 Å². The summed E-state index contributed by atoms with van der Waals surface area (Å²) in [7, 11) is 0. The van der Waals surface area contributed by atoms with Crippen LogP contribution in [0.15, 0.2) is 36.7 Å². The van der Waals surface area contributed by atoms with Crippen molar-refractivity contribution < 1.29 is 14.3 Å². The molecule has 1 N–H and O–H groups in total. The van der Waals surface area contributed by atoms with E-state index in [9.17, 15) is 14.3 Å². The molecule has 2 atom stereocenters. The molecule has 1 aliphatic heterocycles. The van der Waals surface area contributed by atoms with Gasteiger partial charge in [0.25, 0.3) is 0 Å². The number of nitrogens with zero attached hydrogens (tertiary/aromatic N) is 3. The highest BCUT2D eigenvalue weighted by Crippen LogP contribution is 2.25. The molecule has 0 saturated carbocycles. The van der Waals surface area contributed by atoms with Gasteiger partial charge in [-0.2, -0.15) is 5.10 Å². The summed E-state index contributed by atoms with van der Waals surface area (Å²) in [5, 5.41) is 13.7. The molecule has 24 heavy (non-hydrogen) atoms. The first kappa shape index (κ1) is 16.6. The first-order chi connectivity index (χ1) is 11.5. The summed E-state index contributed by atoms with van der Waals surface area (Å²) in [6, 6.07) is 6.42. The Morgan fingerprint density at radius 2 is 2.04 bits per heavy atom. The van der Waals surface area contributed by atoms with Gasteiger partial charge in [-0.05, 0) is 44.0 Å². The molecule has 0 amide bonds. The molecule has 1 saturated heterocycles. The number of piperidine rings is 1. The van der Waals surface area contributed by atoms with Crippen molar-refractivity contribution in [1.29, 1.82) is 0 Å². The molecule has 2 aromatic rings. The highest BCUT2D eigenvalue weighted by molar-refractivity contribution is 5.70. The van der Waals surface area contributed by atoms with Gasteiger partial charge < -0.3 is 5.11 Å². The molecule has 1 aliphatic rings. The lowest BCUT2D eigenvalue weighted by Gasteiger charge is -2.37. The van der Waals surface area contributed by atoms with E-state index >= 15 is 0 Å². The molecule has 1 aromatic carbocycles. The van der Waals surface area contributed by atoms with Gasteiger partial charge in [0, 0.05) is 24.3 Å². The van der Waals surface area contributed by atoms with Crippen LogP contribution in [0.4, 0.5) is 4.39 Å². The smallest absolute Gasteiger partial charge is 0.308 e. The van der Waals surface area contributed by atoms with Crippen molar-refractivity contribution in [2.45, 2.75) is 38.9 Å². The SMILES string of the molecule is C[C@@H]1[C@H](C(=O)O)CCCN1Cc1cnn(Cc2ccc(F)cc2)c1. The molecular formula is C18H22FN3O2. The number of carbonyl (C=O) groups is 1. The van der Waals surface area contributed by atoms with Crippen molar-refractivity contribution in [1.82, 2.24) is 14.7 Å². The van der Waals surface area contributed by atoms with Crippen LogP contribution >= 0.6 is 0 Å². The molecule has 128 valence electrons. The second-order valence-electron chi connectivity index (χ2n) is 6.47. The van der Waals surface area contributed by atoms with Crippen LogP contribution in [0.5, 0.6) is 0 Å². The monoisotopic (exact) mass is 331 g/mol. The van der Waals surface area contributed by atoms with Gasteiger partial charge in [-0.1, -0.05) is 12.1 Å². The topological polar surface area (TPSA) is 58.4 Å². The van der Waals surface area contributed by atoms with Crippen molar-refractivity contribution in [3.63, 3.8) is 0 Å². The van der Waals surface area contributed by atoms with Crippen LogP contribution in [-0.2, 0) is 17.9 Å². The number of carboxylic acids is 1. The van der Waals surface area contributed by atoms with Gasteiger partial charge in [-0.3, -0.25) is 14.4 Å². The van der Waals surface area contributed by atoms with E-state index in [4.69, 9.17) is 0 Å². The Kier molecular flexibility index (Phi) is 4.94. The zero-order valence-corrected chi connectivity index (χ0v) is 13.7. The average Bonchev–Trinajstić information content (AvgIpc) is 2.98. The maximum Gasteiger partial charge on any atom is 0.308 e. The molecule has 1 aromatic heterocycles. The fourth-order valence-corrected chi connectivity index (χ4v) is 3.35. The first-order valence-electron chi connectivity index (χ1n) is 8.25. The predicted octanol–water partition coefficient (Wildman–Crippen LogP) is 2.76. The van der Waals surface area contributed by atoms with Crippen LogP contribution in [0.2, 0.25) is 0 Å². The van der Waals surface area contributed by atoms with Crippen LogP contribution in [-0.4, -0.2) is 38.3 Å². The van der Waals surface area contributed by atoms with E-state index in [-0.39, 0.29) is 17.8 Å². The molecule has 2 heterocycles. The van der Waals surface area contributed by atoms with E-state index in [0.717, 1.165) is 30.5 Å². The Labute approximate surface area is 140 Å². The summed E-state index contributed by atoms with van der Waals surface area (Å²) < 4.78 is 14.8. The lowest BCUT2D eigenvalue weighted by molar-refractivity contribution is -0.145. The molecule has 5 nitrogen and oxygen atoms in total. The molecule has 0 bridgehead atoms. The maximum absolute atomic E-state index is 12.9. The standard InChI is InChI=1S/C18H22FN3O2/c1-13-17(18(23)24)3-2-8-21(13)10-15-9-20-22(12-15)11-14-4-6-16(19)7-5-14/h4-7,9,12-13,17H,2-3,8,10-11H2,1H3,(H,23,24)/t13-,17-/m1/s1. The van der Waals surface area contributed by atoms with Crippen molar-refractivity contribution in [2.75, 3.05) is 6.54 Å². The Hall–Kier alpha value is -2.21. The molecular weight excluding hydrogens is 309 g/mol. The molecule has 0 aliphatic carbocycles. The zero-order valence-electron chi connectivity index (χ0n) is 13.7. The third-order valence-electron chi connectivity index (χ3n) is 4.77. The van der Waals surface area contributed by atoms with Crippen molar-refractivity contribution >= 4 is 5.97 Å². The number of likely N-dealkylation sites (tertiary alicyclic amines) is 1. The normalized spacial score (nSPS) is 21.8. The second kappa shape index (κ2) is 7.13. The van der Waals surface area contributed by atoms with Crippen molar-refractivity contribution in [2.24, 2.45) is 5.92 Å². The maximum atomic E-state index is 12.9. The Morgan fingerprint density at radius 3 is 2.75 bits per heavy atom. The number of aromatic nitrogens is 2. The number of benzene rings is 1. The summed E-state index contributed by atoms with van der Waals surface area (Å²) in [5.41, 5.74) is 2.05. The van der Waals surface area contributed by atoms with E-state index in [2.05, 4.69) is 10.00 Å². The lowest BCUT2D eigenvalue weighted by atomic mass is 9.90. The molecule has 3 rings (SSSR count). The minimum atomic E-state index is -0.709. The minimum Gasteiger partial charge on any atom is -0.481 e. The Morgan fingerprint density at radius 1 is 1.29 bits per heavy atom. The van der Waals surface area contributed by atoms with E-state index in [1.165, 1.54) is 12.1 Å². The van der Waals surface area contributed by atoms with Crippen LogP contribution < -0.4 is 0 Å². The number of carboxylic acid groups (broad SMARTS) is 1. The molecule has 1 fully saturated rings. The first-order valence-corrected chi connectivity index (χ1v) is 8.25. The summed E-state index contributed by atoms with van der Waals surface area (Å²) in [5.74, 6) is -1.25. The summed E-state index contributed by atoms with van der Waals surface area (Å²) in [4.78, 5) is 13.5. The molecule has 0 unspecified atom stereocenters. The average molecular weight is 331 g/mol. The van der Waals surface area contributed by atoms with Gasteiger partial charge in [-0.25, -0.2) is 4.39 Å². The van der Waals surface area contributed by atoms with E-state index in [1.807, 2.05) is 24.0 Å². The largest absolute Gasteiger partial charge is 0.481 e. The Balaban J connectivity index is 1.63. The Bertz CT molecular complexity index is 699. The fraction of sp³-hybridized carbons (Fsp3) is 0.444. The quantitative estimate of drug-likeness (QED) is 0.915. The van der Waals surface area contributed by atoms with E-state index < -0.39 is 5.97 Å². The molecule has 0 radical (unpaired) electrons. The third kappa shape index (κ3) is 3.82. The number of aliphatic carboxylic acids is 1. The van der Waals surface area contributed by atoms with Crippen molar-refractivity contribution in [3.05, 3.63) is 53.6 Å². The van der Waals surface area contributed by atoms with Gasteiger partial charge in [0.2, 0.25) is 0 Å². The highest BCUT2D eigenvalue weighted by atomic mass is 19.1. The lowest BCUT2D eigenvalue weighted by Crippen LogP contribution is -2.45. The third-order valence-corrected chi connectivity index (χ3v) is 4.77. The highest BCUT2D eigenvalue weighted by Gasteiger charge is 2.32. The summed E-state index contributed by atoms with van der Waals surface area (Å²) >= 11 is 0. The van der Waals surface area contributed by atoms with Crippen LogP contribution in [0.1, 0.15) is 30.9 Å². The number of hydrogen-bond acceptors (Lipinski definition) is 3. The fourth-order valence-electron chi connectivity index (χ4n) is 3.35. The molecule has 6 heteroatoms.